The van der Waals surface area contributed by atoms with Crippen molar-refractivity contribution in [1.82, 2.24) is 20.0 Å². The van der Waals surface area contributed by atoms with Crippen LogP contribution in [0.2, 0.25) is 10.0 Å². The molecule has 0 saturated heterocycles. The van der Waals surface area contributed by atoms with Crippen molar-refractivity contribution in [3.05, 3.63) is 40.0 Å². The van der Waals surface area contributed by atoms with E-state index in [-0.39, 0.29) is 11.4 Å². The van der Waals surface area contributed by atoms with Crippen molar-refractivity contribution >= 4 is 29.1 Å². The largest absolute Gasteiger partial charge is 0.349 e. The van der Waals surface area contributed by atoms with Gasteiger partial charge in [0.1, 0.15) is 0 Å². The monoisotopic (exact) mass is 368 g/mol. The third-order valence-corrected chi connectivity index (χ3v) is 4.96. The van der Waals surface area contributed by atoms with Crippen LogP contribution in [0.5, 0.6) is 0 Å². The molecule has 0 fully saturated rings. The fraction of sp³-hybridized carbons (Fsp3) is 0.412. The fourth-order valence-corrected chi connectivity index (χ4v) is 2.35. The lowest BCUT2D eigenvalue weighted by molar-refractivity contribution is 0.0914. The van der Waals surface area contributed by atoms with Gasteiger partial charge in [-0.15, -0.1) is 0 Å². The van der Waals surface area contributed by atoms with E-state index in [2.05, 4.69) is 29.2 Å². The zero-order valence-corrected chi connectivity index (χ0v) is 16.0. The summed E-state index contributed by atoms with van der Waals surface area (Å²) < 4.78 is 1.66. The summed E-state index contributed by atoms with van der Waals surface area (Å²) in [6.07, 6.45) is 0. The number of hydrogen-bond donors (Lipinski definition) is 1. The van der Waals surface area contributed by atoms with E-state index in [0.717, 1.165) is 11.3 Å². The summed E-state index contributed by atoms with van der Waals surface area (Å²) >= 11 is 12.0. The first-order valence-electron chi connectivity index (χ1n) is 7.57. The smallest absolute Gasteiger partial charge is 0.271 e. The highest BCUT2D eigenvalue weighted by Crippen LogP contribution is 2.28. The van der Waals surface area contributed by atoms with E-state index >= 15 is 0 Å². The number of nitrogens with zero attached hydrogens (tertiary/aromatic N) is 3. The zero-order valence-electron chi connectivity index (χ0n) is 14.5. The zero-order chi connectivity index (χ0) is 18.1. The Labute approximate surface area is 152 Å². The van der Waals surface area contributed by atoms with Crippen LogP contribution in [-0.4, -0.2) is 46.8 Å². The number of benzene rings is 1. The van der Waals surface area contributed by atoms with E-state index in [4.69, 9.17) is 23.2 Å². The van der Waals surface area contributed by atoms with Gasteiger partial charge in [0.15, 0.2) is 5.69 Å². The average Bonchev–Trinajstić information content (AvgIpc) is 2.89. The Morgan fingerprint density at radius 3 is 2.50 bits per heavy atom. The standard InChI is InChI=1S/C17H22Cl2N4O/c1-17(2,22(3)4)10-20-16(24)14-9-15(23(5)21-14)11-6-7-12(18)13(19)8-11/h6-9H,10H2,1-5H3,(H,20,24). The number of halogens is 2. The van der Waals surface area contributed by atoms with Crippen molar-refractivity contribution in [2.75, 3.05) is 20.6 Å². The Kier molecular flexibility index (Phi) is 5.58. The minimum Gasteiger partial charge on any atom is -0.349 e. The number of likely N-dealkylation sites (N-methyl/N-ethyl adjacent to an activating group) is 1. The average molecular weight is 369 g/mol. The highest BCUT2D eigenvalue weighted by Gasteiger charge is 2.22. The lowest BCUT2D eigenvalue weighted by Gasteiger charge is -2.32. The molecular formula is C17H22Cl2N4O. The highest BCUT2D eigenvalue weighted by molar-refractivity contribution is 6.42. The van der Waals surface area contributed by atoms with Crippen LogP contribution in [0.1, 0.15) is 24.3 Å². The van der Waals surface area contributed by atoms with Gasteiger partial charge in [0.25, 0.3) is 5.91 Å². The van der Waals surface area contributed by atoms with E-state index in [1.807, 2.05) is 20.2 Å². The number of aromatic nitrogens is 2. The summed E-state index contributed by atoms with van der Waals surface area (Å²) in [5, 5.41) is 8.19. The molecule has 24 heavy (non-hydrogen) atoms. The molecule has 5 nitrogen and oxygen atoms in total. The molecule has 0 atom stereocenters. The maximum absolute atomic E-state index is 12.4. The van der Waals surface area contributed by atoms with Crippen LogP contribution in [0.4, 0.5) is 0 Å². The molecule has 0 aliphatic carbocycles. The molecule has 0 aliphatic heterocycles. The summed E-state index contributed by atoms with van der Waals surface area (Å²) in [6, 6.07) is 7.09. The number of carbonyl (C=O) groups is 1. The number of hydrogen-bond acceptors (Lipinski definition) is 3. The predicted molar refractivity (Wildman–Crippen MR) is 98.8 cm³/mol. The molecule has 1 N–H and O–H groups in total. The maximum atomic E-state index is 12.4. The molecule has 0 saturated carbocycles. The van der Waals surface area contributed by atoms with Gasteiger partial charge in [-0.3, -0.25) is 9.48 Å². The number of aryl methyl sites for hydroxylation is 1. The van der Waals surface area contributed by atoms with Gasteiger partial charge in [-0.1, -0.05) is 29.3 Å². The van der Waals surface area contributed by atoms with Crippen LogP contribution < -0.4 is 5.32 Å². The molecule has 7 heteroatoms. The lowest BCUT2D eigenvalue weighted by Crippen LogP contribution is -2.48. The quantitative estimate of drug-likeness (QED) is 0.878. The molecular weight excluding hydrogens is 347 g/mol. The summed E-state index contributed by atoms with van der Waals surface area (Å²) in [6.45, 7) is 4.65. The minimum atomic E-state index is -0.202. The number of nitrogens with one attached hydrogen (secondary N) is 1. The van der Waals surface area contributed by atoms with Crippen molar-refractivity contribution in [1.29, 1.82) is 0 Å². The first kappa shape index (κ1) is 18.8. The van der Waals surface area contributed by atoms with E-state index in [0.29, 0.717) is 22.3 Å². The van der Waals surface area contributed by atoms with E-state index in [1.165, 1.54) is 0 Å². The Balaban J connectivity index is 2.19. The van der Waals surface area contributed by atoms with Gasteiger partial charge < -0.3 is 10.2 Å². The molecule has 0 bridgehead atoms. The van der Waals surface area contributed by atoms with Crippen molar-refractivity contribution in [2.45, 2.75) is 19.4 Å². The molecule has 1 aromatic carbocycles. The molecule has 0 unspecified atom stereocenters. The second-order valence-corrected chi connectivity index (χ2v) is 7.37. The van der Waals surface area contributed by atoms with Gasteiger partial charge in [0.05, 0.1) is 15.7 Å². The minimum absolute atomic E-state index is 0.142. The van der Waals surface area contributed by atoms with Crippen LogP contribution in [0.15, 0.2) is 24.3 Å². The van der Waals surface area contributed by atoms with Crippen molar-refractivity contribution in [2.24, 2.45) is 7.05 Å². The second-order valence-electron chi connectivity index (χ2n) is 6.56. The second kappa shape index (κ2) is 7.13. The fourth-order valence-electron chi connectivity index (χ4n) is 2.05. The Bertz CT molecular complexity index is 753. The molecule has 0 aliphatic rings. The summed E-state index contributed by atoms with van der Waals surface area (Å²) in [7, 11) is 5.75. The Hall–Kier alpha value is -1.56. The van der Waals surface area contributed by atoms with Gasteiger partial charge in [-0.05, 0) is 46.1 Å². The van der Waals surface area contributed by atoms with Gasteiger partial charge in [-0.25, -0.2) is 0 Å². The lowest BCUT2D eigenvalue weighted by atomic mass is 10.0. The summed E-state index contributed by atoms with van der Waals surface area (Å²) in [5.74, 6) is -0.202. The van der Waals surface area contributed by atoms with E-state index in [1.54, 1.807) is 29.9 Å². The van der Waals surface area contributed by atoms with Gasteiger partial charge in [-0.2, -0.15) is 5.10 Å². The molecule has 1 amide bonds. The number of carbonyl (C=O) groups excluding carboxylic acids is 1. The third-order valence-electron chi connectivity index (χ3n) is 4.22. The molecule has 1 heterocycles. The molecule has 0 radical (unpaired) electrons. The first-order valence-corrected chi connectivity index (χ1v) is 8.32. The molecule has 1 aromatic heterocycles. The van der Waals surface area contributed by atoms with E-state index in [9.17, 15) is 4.79 Å². The first-order chi connectivity index (χ1) is 11.1. The predicted octanol–water partition coefficient (Wildman–Crippen LogP) is 3.46. The highest BCUT2D eigenvalue weighted by atomic mass is 35.5. The topological polar surface area (TPSA) is 50.2 Å². The molecule has 130 valence electrons. The van der Waals surface area contributed by atoms with Crippen LogP contribution in [0, 0.1) is 0 Å². The Morgan fingerprint density at radius 2 is 1.92 bits per heavy atom. The van der Waals surface area contributed by atoms with Crippen LogP contribution in [0.25, 0.3) is 11.3 Å². The molecule has 2 aromatic rings. The normalized spacial score (nSPS) is 11.8. The number of rotatable bonds is 5. The summed E-state index contributed by atoms with van der Waals surface area (Å²) in [4.78, 5) is 14.4. The Morgan fingerprint density at radius 1 is 1.25 bits per heavy atom. The van der Waals surface area contributed by atoms with E-state index < -0.39 is 0 Å². The third kappa shape index (κ3) is 4.09. The van der Waals surface area contributed by atoms with Gasteiger partial charge >= 0.3 is 0 Å². The van der Waals surface area contributed by atoms with Crippen LogP contribution >= 0.6 is 23.2 Å². The summed E-state index contributed by atoms with van der Waals surface area (Å²) in [5.41, 5.74) is 1.88. The van der Waals surface area contributed by atoms with Gasteiger partial charge in [0, 0.05) is 24.7 Å². The number of amides is 1. The van der Waals surface area contributed by atoms with Crippen LogP contribution in [-0.2, 0) is 7.05 Å². The van der Waals surface area contributed by atoms with Gasteiger partial charge in [0.2, 0.25) is 0 Å². The van der Waals surface area contributed by atoms with Crippen molar-refractivity contribution < 1.29 is 4.79 Å². The molecule has 0 spiro atoms. The van der Waals surface area contributed by atoms with Crippen molar-refractivity contribution in [3.63, 3.8) is 0 Å². The van der Waals surface area contributed by atoms with Crippen molar-refractivity contribution in [3.8, 4) is 11.3 Å². The SMILES string of the molecule is CN(C)C(C)(C)CNC(=O)c1cc(-c2ccc(Cl)c(Cl)c2)n(C)n1. The molecule has 2 rings (SSSR count). The maximum Gasteiger partial charge on any atom is 0.271 e. The van der Waals surface area contributed by atoms with Crippen LogP contribution in [0.3, 0.4) is 0 Å².